The van der Waals surface area contributed by atoms with Gasteiger partial charge in [-0.15, -0.1) is 5.10 Å². The predicted octanol–water partition coefficient (Wildman–Crippen LogP) is 0.391. The summed E-state index contributed by atoms with van der Waals surface area (Å²) in [6, 6.07) is 0. The fraction of sp³-hybridized carbons (Fsp3) is 0.500. The molecule has 6 heteroatoms. The van der Waals surface area contributed by atoms with Gasteiger partial charge in [-0.1, -0.05) is 12.2 Å². The van der Waals surface area contributed by atoms with Crippen LogP contribution in [0.25, 0.3) is 0 Å². The monoisotopic (exact) mass is 197 g/mol. The second-order valence-electron chi connectivity index (χ2n) is 2.98. The molecular formula is C8H15N5O. The standard InChI is InChI=1S/C8H15N5O/c1-6(2)5-14-4-3-10-8-11-7(9)12-13-8/h1,3-5H2,2H3,(H4,9,10,11,12,13). The van der Waals surface area contributed by atoms with Crippen LogP contribution in [-0.4, -0.2) is 34.9 Å². The highest BCUT2D eigenvalue weighted by Gasteiger charge is 1.97. The number of H-pyrrole nitrogens is 1. The Bertz CT molecular complexity index is 296. The lowest BCUT2D eigenvalue weighted by atomic mass is 10.4. The second-order valence-corrected chi connectivity index (χ2v) is 2.98. The third-order valence-electron chi connectivity index (χ3n) is 1.38. The number of anilines is 2. The van der Waals surface area contributed by atoms with Crippen molar-refractivity contribution in [3.8, 4) is 0 Å². The first kappa shape index (κ1) is 10.5. The Morgan fingerprint density at radius 1 is 1.71 bits per heavy atom. The average molecular weight is 197 g/mol. The molecule has 0 saturated carbocycles. The van der Waals surface area contributed by atoms with Crippen molar-refractivity contribution in [1.82, 2.24) is 15.2 Å². The fourth-order valence-electron chi connectivity index (χ4n) is 0.835. The molecule has 1 rings (SSSR count). The van der Waals surface area contributed by atoms with Crippen molar-refractivity contribution in [3.05, 3.63) is 12.2 Å². The third kappa shape index (κ3) is 3.90. The zero-order valence-electron chi connectivity index (χ0n) is 8.21. The Hall–Kier alpha value is -1.56. The van der Waals surface area contributed by atoms with Crippen molar-refractivity contribution in [2.75, 3.05) is 30.8 Å². The highest BCUT2D eigenvalue weighted by atomic mass is 16.5. The van der Waals surface area contributed by atoms with Gasteiger partial charge in [-0.3, -0.25) is 0 Å². The molecule has 0 aliphatic rings. The van der Waals surface area contributed by atoms with E-state index in [2.05, 4.69) is 27.1 Å². The molecule has 0 spiro atoms. The summed E-state index contributed by atoms with van der Waals surface area (Å²) < 4.78 is 5.26. The largest absolute Gasteiger partial charge is 0.375 e. The number of nitrogens with zero attached hydrogens (tertiary/aromatic N) is 2. The van der Waals surface area contributed by atoms with E-state index < -0.39 is 0 Å². The van der Waals surface area contributed by atoms with Crippen molar-refractivity contribution in [3.63, 3.8) is 0 Å². The molecule has 0 aromatic carbocycles. The van der Waals surface area contributed by atoms with Crippen molar-refractivity contribution in [1.29, 1.82) is 0 Å². The van der Waals surface area contributed by atoms with Crippen LogP contribution in [0, 0.1) is 0 Å². The molecule has 0 atom stereocenters. The Kier molecular flexibility index (Phi) is 3.93. The molecule has 4 N–H and O–H groups in total. The maximum atomic E-state index is 5.34. The molecule has 6 nitrogen and oxygen atoms in total. The van der Waals surface area contributed by atoms with Crippen LogP contribution in [-0.2, 0) is 4.74 Å². The van der Waals surface area contributed by atoms with Gasteiger partial charge in [0.2, 0.25) is 11.9 Å². The zero-order chi connectivity index (χ0) is 10.4. The van der Waals surface area contributed by atoms with Crippen LogP contribution in [0.4, 0.5) is 11.9 Å². The molecule has 0 bridgehead atoms. The van der Waals surface area contributed by atoms with E-state index >= 15 is 0 Å². The Labute approximate surface area is 82.6 Å². The van der Waals surface area contributed by atoms with E-state index in [-0.39, 0.29) is 0 Å². The van der Waals surface area contributed by atoms with Crippen LogP contribution >= 0.6 is 0 Å². The molecule has 1 aromatic rings. The second kappa shape index (κ2) is 5.23. The summed E-state index contributed by atoms with van der Waals surface area (Å²) >= 11 is 0. The van der Waals surface area contributed by atoms with Gasteiger partial charge in [0.05, 0.1) is 13.2 Å². The first-order valence-corrected chi connectivity index (χ1v) is 4.32. The summed E-state index contributed by atoms with van der Waals surface area (Å²) in [5.74, 6) is 0.789. The van der Waals surface area contributed by atoms with Crippen LogP contribution in [0.2, 0.25) is 0 Å². The molecule has 0 amide bonds. The quantitative estimate of drug-likeness (QED) is 0.453. The number of hydrogen-bond donors (Lipinski definition) is 3. The molecule has 0 saturated heterocycles. The van der Waals surface area contributed by atoms with E-state index in [9.17, 15) is 0 Å². The van der Waals surface area contributed by atoms with Gasteiger partial charge in [0, 0.05) is 6.54 Å². The lowest BCUT2D eigenvalue weighted by Gasteiger charge is -2.03. The summed E-state index contributed by atoms with van der Waals surface area (Å²) in [5, 5.41) is 9.28. The van der Waals surface area contributed by atoms with Gasteiger partial charge in [0.15, 0.2) is 0 Å². The first-order valence-electron chi connectivity index (χ1n) is 4.32. The number of nitrogens with one attached hydrogen (secondary N) is 2. The molecule has 14 heavy (non-hydrogen) atoms. The molecular weight excluding hydrogens is 182 g/mol. The third-order valence-corrected chi connectivity index (χ3v) is 1.38. The summed E-state index contributed by atoms with van der Waals surface area (Å²) in [6.07, 6.45) is 0. The van der Waals surface area contributed by atoms with Gasteiger partial charge in [0.25, 0.3) is 0 Å². The first-order chi connectivity index (χ1) is 6.68. The Morgan fingerprint density at radius 2 is 2.50 bits per heavy atom. The average Bonchev–Trinajstić information content (AvgIpc) is 2.50. The van der Waals surface area contributed by atoms with Gasteiger partial charge in [-0.25, -0.2) is 5.10 Å². The minimum atomic E-state index is 0.301. The summed E-state index contributed by atoms with van der Waals surface area (Å²) in [5.41, 5.74) is 6.34. The summed E-state index contributed by atoms with van der Waals surface area (Å²) in [6.45, 7) is 7.45. The zero-order valence-corrected chi connectivity index (χ0v) is 8.21. The molecule has 0 aliphatic heterocycles. The number of hydrogen-bond acceptors (Lipinski definition) is 5. The van der Waals surface area contributed by atoms with Crippen LogP contribution in [0.5, 0.6) is 0 Å². The van der Waals surface area contributed by atoms with Gasteiger partial charge >= 0.3 is 0 Å². The van der Waals surface area contributed by atoms with E-state index in [1.165, 1.54) is 0 Å². The molecule has 0 radical (unpaired) electrons. The Balaban J connectivity index is 2.07. The summed E-state index contributed by atoms with van der Waals surface area (Å²) in [7, 11) is 0. The van der Waals surface area contributed by atoms with Crippen LogP contribution in [0.15, 0.2) is 12.2 Å². The lowest BCUT2D eigenvalue weighted by Crippen LogP contribution is -2.11. The number of aromatic nitrogens is 3. The molecule has 0 aliphatic carbocycles. The summed E-state index contributed by atoms with van der Waals surface area (Å²) in [4.78, 5) is 3.87. The number of nitrogen functional groups attached to an aromatic ring is 1. The minimum absolute atomic E-state index is 0.301. The highest BCUT2D eigenvalue weighted by molar-refractivity contribution is 5.29. The highest BCUT2D eigenvalue weighted by Crippen LogP contribution is 1.97. The maximum Gasteiger partial charge on any atom is 0.243 e. The number of rotatable bonds is 6. The van der Waals surface area contributed by atoms with Gasteiger partial charge < -0.3 is 15.8 Å². The van der Waals surface area contributed by atoms with Crippen LogP contribution in [0.3, 0.4) is 0 Å². The number of ether oxygens (including phenoxy) is 1. The van der Waals surface area contributed by atoms with Crippen molar-refractivity contribution < 1.29 is 4.74 Å². The molecule has 1 aromatic heterocycles. The lowest BCUT2D eigenvalue weighted by molar-refractivity contribution is 0.167. The van der Waals surface area contributed by atoms with Crippen LogP contribution in [0.1, 0.15) is 6.92 Å². The SMILES string of the molecule is C=C(C)COCCNc1n[nH]c(N)n1. The van der Waals surface area contributed by atoms with E-state index in [1.54, 1.807) is 0 Å². The minimum Gasteiger partial charge on any atom is -0.375 e. The van der Waals surface area contributed by atoms with Gasteiger partial charge in [-0.05, 0) is 6.92 Å². The molecule has 0 fully saturated rings. The smallest absolute Gasteiger partial charge is 0.243 e. The van der Waals surface area contributed by atoms with E-state index in [0.29, 0.717) is 31.7 Å². The number of nitrogens with two attached hydrogens (primary N) is 1. The molecule has 0 unspecified atom stereocenters. The molecule has 1 heterocycles. The van der Waals surface area contributed by atoms with E-state index in [0.717, 1.165) is 5.57 Å². The fourth-order valence-corrected chi connectivity index (χ4v) is 0.835. The van der Waals surface area contributed by atoms with Gasteiger partial charge in [0.1, 0.15) is 0 Å². The van der Waals surface area contributed by atoms with Crippen molar-refractivity contribution >= 4 is 11.9 Å². The topological polar surface area (TPSA) is 88.8 Å². The Morgan fingerprint density at radius 3 is 3.07 bits per heavy atom. The molecule has 78 valence electrons. The van der Waals surface area contributed by atoms with Crippen molar-refractivity contribution in [2.45, 2.75) is 6.92 Å². The van der Waals surface area contributed by atoms with Crippen LogP contribution < -0.4 is 11.1 Å². The van der Waals surface area contributed by atoms with E-state index in [4.69, 9.17) is 10.5 Å². The maximum absolute atomic E-state index is 5.34. The normalized spacial score (nSPS) is 10.1. The van der Waals surface area contributed by atoms with E-state index in [1.807, 2.05) is 6.92 Å². The van der Waals surface area contributed by atoms with Gasteiger partial charge in [-0.2, -0.15) is 4.98 Å². The predicted molar refractivity (Wildman–Crippen MR) is 54.9 cm³/mol. The number of aromatic amines is 1. The van der Waals surface area contributed by atoms with Crippen molar-refractivity contribution in [2.24, 2.45) is 0 Å².